The summed E-state index contributed by atoms with van der Waals surface area (Å²) in [6.45, 7) is 0.0325. The normalized spacial score (nSPS) is 9.43. The summed E-state index contributed by atoms with van der Waals surface area (Å²) >= 11 is 0. The Morgan fingerprint density at radius 3 is 2.86 bits per heavy atom. The Kier molecular flexibility index (Phi) is 3.01. The molecule has 0 atom stereocenters. The first-order valence-corrected chi connectivity index (χ1v) is 3.86. The Hall–Kier alpha value is -2.11. The van der Waals surface area contributed by atoms with E-state index in [0.717, 1.165) is 0 Å². The third-order valence-electron chi connectivity index (χ3n) is 1.59. The minimum absolute atomic E-state index is 0.0325. The maximum absolute atomic E-state index is 10.6. The van der Waals surface area contributed by atoms with Crippen molar-refractivity contribution in [3.8, 4) is 0 Å². The van der Waals surface area contributed by atoms with E-state index in [0.29, 0.717) is 12.0 Å². The molecule has 1 aromatic rings. The van der Waals surface area contributed by atoms with Crippen LogP contribution >= 0.6 is 0 Å². The largest absolute Gasteiger partial charge is 0.399 e. The first-order valence-electron chi connectivity index (χ1n) is 3.86. The van der Waals surface area contributed by atoms with Crippen molar-refractivity contribution in [1.82, 2.24) is 0 Å². The standard InChI is InChI=1S/C8H9N3O3/c9-6-1-2-7(10-3-4-12)8(5-6)11(13)14/h1-2,4-5,10H,3,9H2. The van der Waals surface area contributed by atoms with E-state index < -0.39 is 4.92 Å². The molecule has 1 aromatic carbocycles. The van der Waals surface area contributed by atoms with Gasteiger partial charge in [0.2, 0.25) is 0 Å². The number of nitrogen functional groups attached to an aromatic ring is 1. The molecule has 0 amide bonds. The molecule has 0 aliphatic rings. The van der Waals surface area contributed by atoms with Crippen LogP contribution in [0.4, 0.5) is 17.1 Å². The van der Waals surface area contributed by atoms with Gasteiger partial charge < -0.3 is 15.8 Å². The highest BCUT2D eigenvalue weighted by Crippen LogP contribution is 2.25. The minimum atomic E-state index is -0.552. The Morgan fingerprint density at radius 1 is 1.57 bits per heavy atom. The first kappa shape index (κ1) is 9.97. The van der Waals surface area contributed by atoms with Gasteiger partial charge in [0.1, 0.15) is 12.0 Å². The van der Waals surface area contributed by atoms with Gasteiger partial charge in [0.15, 0.2) is 0 Å². The smallest absolute Gasteiger partial charge is 0.294 e. The molecule has 74 valence electrons. The summed E-state index contributed by atoms with van der Waals surface area (Å²) in [5, 5.41) is 13.2. The van der Waals surface area contributed by atoms with Gasteiger partial charge in [0.05, 0.1) is 11.5 Å². The zero-order valence-corrected chi connectivity index (χ0v) is 7.27. The van der Waals surface area contributed by atoms with Crippen molar-refractivity contribution in [2.75, 3.05) is 17.6 Å². The van der Waals surface area contributed by atoms with E-state index in [1.54, 1.807) is 0 Å². The van der Waals surface area contributed by atoms with E-state index in [1.165, 1.54) is 18.2 Å². The van der Waals surface area contributed by atoms with Crippen molar-refractivity contribution in [3.05, 3.63) is 28.3 Å². The number of aldehydes is 1. The fourth-order valence-electron chi connectivity index (χ4n) is 1.00. The third-order valence-corrected chi connectivity index (χ3v) is 1.59. The van der Waals surface area contributed by atoms with Crippen LogP contribution in [0.1, 0.15) is 0 Å². The van der Waals surface area contributed by atoms with E-state index in [2.05, 4.69) is 5.32 Å². The lowest BCUT2D eigenvalue weighted by Crippen LogP contribution is -2.05. The summed E-state index contributed by atoms with van der Waals surface area (Å²) in [6, 6.07) is 4.24. The molecule has 3 N–H and O–H groups in total. The molecule has 0 spiro atoms. The predicted octanol–water partition coefficient (Wildman–Crippen LogP) is 0.788. The quantitative estimate of drug-likeness (QED) is 0.320. The molecule has 0 aliphatic heterocycles. The highest BCUT2D eigenvalue weighted by Gasteiger charge is 2.12. The molecule has 0 heterocycles. The lowest BCUT2D eigenvalue weighted by Gasteiger charge is -2.03. The van der Waals surface area contributed by atoms with Crippen molar-refractivity contribution in [2.45, 2.75) is 0 Å². The lowest BCUT2D eigenvalue weighted by atomic mass is 10.2. The molecular weight excluding hydrogens is 186 g/mol. The van der Waals surface area contributed by atoms with Crippen molar-refractivity contribution in [3.63, 3.8) is 0 Å². The average molecular weight is 195 g/mol. The second-order valence-electron chi connectivity index (χ2n) is 2.58. The summed E-state index contributed by atoms with van der Waals surface area (Å²) in [5.41, 5.74) is 5.86. The summed E-state index contributed by atoms with van der Waals surface area (Å²) < 4.78 is 0. The Balaban J connectivity index is 3.01. The number of hydrogen-bond donors (Lipinski definition) is 2. The van der Waals surface area contributed by atoms with Crippen LogP contribution in [0, 0.1) is 10.1 Å². The number of anilines is 2. The first-order chi connectivity index (χ1) is 6.65. The van der Waals surface area contributed by atoms with Crippen molar-refractivity contribution < 1.29 is 9.72 Å². The van der Waals surface area contributed by atoms with Crippen LogP contribution in [0.5, 0.6) is 0 Å². The van der Waals surface area contributed by atoms with Gasteiger partial charge in [0, 0.05) is 11.8 Å². The number of carbonyl (C=O) groups is 1. The van der Waals surface area contributed by atoms with Crippen molar-refractivity contribution >= 4 is 23.3 Å². The molecule has 0 aliphatic carbocycles. The van der Waals surface area contributed by atoms with Crippen molar-refractivity contribution in [1.29, 1.82) is 0 Å². The number of nitrogens with two attached hydrogens (primary N) is 1. The summed E-state index contributed by atoms with van der Waals surface area (Å²) in [7, 11) is 0. The fraction of sp³-hybridized carbons (Fsp3) is 0.125. The third kappa shape index (κ3) is 2.19. The molecular formula is C8H9N3O3. The number of rotatable bonds is 4. The Labute approximate surface area is 79.9 Å². The summed E-state index contributed by atoms with van der Waals surface area (Å²) in [5.74, 6) is 0. The molecule has 1 rings (SSSR count). The Bertz CT molecular complexity index is 365. The highest BCUT2D eigenvalue weighted by molar-refractivity contribution is 5.69. The zero-order valence-electron chi connectivity index (χ0n) is 7.27. The van der Waals surface area contributed by atoms with E-state index in [1.807, 2.05) is 0 Å². The molecule has 6 heteroatoms. The van der Waals surface area contributed by atoms with Crippen LogP contribution in [-0.2, 0) is 4.79 Å². The number of nitrogens with zero attached hydrogens (tertiary/aromatic N) is 1. The number of carbonyl (C=O) groups excluding carboxylic acids is 1. The monoisotopic (exact) mass is 195 g/mol. The average Bonchev–Trinajstić information content (AvgIpc) is 2.15. The van der Waals surface area contributed by atoms with E-state index in [9.17, 15) is 14.9 Å². The summed E-state index contributed by atoms with van der Waals surface area (Å²) in [4.78, 5) is 20.1. The van der Waals surface area contributed by atoms with E-state index in [4.69, 9.17) is 5.73 Å². The van der Waals surface area contributed by atoms with Crippen LogP contribution in [0.25, 0.3) is 0 Å². The molecule has 14 heavy (non-hydrogen) atoms. The number of nitrogens with one attached hydrogen (secondary N) is 1. The molecule has 6 nitrogen and oxygen atoms in total. The molecule has 0 bridgehead atoms. The molecule has 0 aromatic heterocycles. The molecule has 0 radical (unpaired) electrons. The number of nitro groups is 1. The maximum Gasteiger partial charge on any atom is 0.294 e. The van der Waals surface area contributed by atoms with Gasteiger partial charge in [-0.05, 0) is 12.1 Å². The second kappa shape index (κ2) is 4.22. The molecule has 0 saturated carbocycles. The van der Waals surface area contributed by atoms with Crippen LogP contribution in [0.2, 0.25) is 0 Å². The lowest BCUT2D eigenvalue weighted by molar-refractivity contribution is -0.383. The maximum atomic E-state index is 10.6. The van der Waals surface area contributed by atoms with Gasteiger partial charge in [-0.2, -0.15) is 0 Å². The molecule has 0 unspecified atom stereocenters. The number of nitro benzene ring substituents is 1. The van der Waals surface area contributed by atoms with Gasteiger partial charge in [-0.15, -0.1) is 0 Å². The van der Waals surface area contributed by atoms with E-state index in [-0.39, 0.29) is 17.9 Å². The fourth-order valence-corrected chi connectivity index (χ4v) is 1.00. The van der Waals surface area contributed by atoms with Crippen LogP contribution in [0.15, 0.2) is 18.2 Å². The SMILES string of the molecule is Nc1ccc(NCC=O)c([N+](=O)[O-])c1. The van der Waals surface area contributed by atoms with Crippen molar-refractivity contribution in [2.24, 2.45) is 0 Å². The van der Waals surface area contributed by atoms with E-state index >= 15 is 0 Å². The highest BCUT2D eigenvalue weighted by atomic mass is 16.6. The zero-order chi connectivity index (χ0) is 10.6. The van der Waals surface area contributed by atoms with Gasteiger partial charge >= 0.3 is 0 Å². The van der Waals surface area contributed by atoms with Gasteiger partial charge in [-0.1, -0.05) is 0 Å². The Morgan fingerprint density at radius 2 is 2.29 bits per heavy atom. The minimum Gasteiger partial charge on any atom is -0.399 e. The van der Waals surface area contributed by atoms with Crippen LogP contribution < -0.4 is 11.1 Å². The topological polar surface area (TPSA) is 98.3 Å². The number of hydrogen-bond acceptors (Lipinski definition) is 5. The van der Waals surface area contributed by atoms with Crippen LogP contribution in [0.3, 0.4) is 0 Å². The van der Waals surface area contributed by atoms with Gasteiger partial charge in [-0.3, -0.25) is 10.1 Å². The predicted molar refractivity (Wildman–Crippen MR) is 52.1 cm³/mol. The molecule has 0 saturated heterocycles. The molecule has 0 fully saturated rings. The van der Waals surface area contributed by atoms with Crippen LogP contribution in [-0.4, -0.2) is 17.8 Å². The van der Waals surface area contributed by atoms with Gasteiger partial charge in [-0.25, -0.2) is 0 Å². The number of benzene rings is 1. The van der Waals surface area contributed by atoms with Gasteiger partial charge in [0.25, 0.3) is 5.69 Å². The summed E-state index contributed by atoms with van der Waals surface area (Å²) in [6.07, 6.45) is 0.625. The second-order valence-corrected chi connectivity index (χ2v) is 2.58.